The maximum Gasteiger partial charge on any atom is 0.134 e. The van der Waals surface area contributed by atoms with Crippen molar-refractivity contribution in [2.24, 2.45) is 0 Å². The van der Waals surface area contributed by atoms with Gasteiger partial charge in [0.05, 0.1) is 0 Å². The number of hydrogen-bond acceptors (Lipinski definition) is 3. The van der Waals surface area contributed by atoms with Gasteiger partial charge in [-0.1, -0.05) is 0 Å². The summed E-state index contributed by atoms with van der Waals surface area (Å²) in [6, 6.07) is 0. The number of thioether (sulfide) groups is 1. The van der Waals surface area contributed by atoms with Crippen molar-refractivity contribution in [3.8, 4) is 0 Å². The van der Waals surface area contributed by atoms with E-state index in [-0.39, 0.29) is 11.6 Å². The number of ketones is 2. The van der Waals surface area contributed by atoms with Crippen LogP contribution in [-0.2, 0) is 9.59 Å². The van der Waals surface area contributed by atoms with E-state index >= 15 is 0 Å². The van der Waals surface area contributed by atoms with E-state index in [9.17, 15) is 9.59 Å². The first-order chi connectivity index (χ1) is 5.16. The molecular weight excluding hydrogens is 160 g/mol. The van der Waals surface area contributed by atoms with Crippen molar-refractivity contribution in [2.75, 3.05) is 12.0 Å². The maximum atomic E-state index is 10.9. The molecule has 0 unspecified atom stereocenters. The van der Waals surface area contributed by atoms with Crippen molar-refractivity contribution in [3.05, 3.63) is 0 Å². The van der Waals surface area contributed by atoms with Crippen molar-refractivity contribution >= 4 is 23.3 Å². The number of Topliss-reactive ketones (excluding diaryl/α,β-unsaturated/α-hetero) is 2. The van der Waals surface area contributed by atoms with Crippen LogP contribution in [0.4, 0.5) is 0 Å². The zero-order valence-electron chi connectivity index (χ0n) is 7.05. The second-order valence-electron chi connectivity index (χ2n) is 2.48. The molecule has 0 spiro atoms. The first-order valence-corrected chi connectivity index (χ1v) is 5.06. The minimum atomic E-state index is 0.0995. The monoisotopic (exact) mass is 174 g/mol. The van der Waals surface area contributed by atoms with E-state index < -0.39 is 0 Å². The Morgan fingerprint density at radius 3 is 2.27 bits per heavy atom. The van der Waals surface area contributed by atoms with Gasteiger partial charge in [0.15, 0.2) is 0 Å². The van der Waals surface area contributed by atoms with Crippen molar-refractivity contribution in [3.63, 3.8) is 0 Å². The highest BCUT2D eigenvalue weighted by molar-refractivity contribution is 7.98. The molecule has 11 heavy (non-hydrogen) atoms. The molecule has 0 N–H and O–H groups in total. The molecule has 0 bridgehead atoms. The number of hydrogen-bond donors (Lipinski definition) is 0. The average Bonchev–Trinajstić information content (AvgIpc) is 1.97. The second-order valence-corrected chi connectivity index (χ2v) is 3.47. The fourth-order valence-electron chi connectivity index (χ4n) is 0.656. The van der Waals surface area contributed by atoms with Crippen LogP contribution in [0.2, 0.25) is 0 Å². The van der Waals surface area contributed by atoms with E-state index in [0.29, 0.717) is 19.3 Å². The van der Waals surface area contributed by atoms with Gasteiger partial charge >= 0.3 is 0 Å². The van der Waals surface area contributed by atoms with Gasteiger partial charge in [0.1, 0.15) is 11.6 Å². The summed E-state index contributed by atoms with van der Waals surface area (Å²) in [6.45, 7) is 1.52. The van der Waals surface area contributed by atoms with Gasteiger partial charge in [-0.25, -0.2) is 0 Å². The summed E-state index contributed by atoms with van der Waals surface area (Å²) in [5.41, 5.74) is 0. The van der Waals surface area contributed by atoms with Gasteiger partial charge in [-0.2, -0.15) is 11.8 Å². The Labute approximate surface area is 71.7 Å². The zero-order chi connectivity index (χ0) is 8.69. The van der Waals surface area contributed by atoms with Crippen LogP contribution < -0.4 is 0 Å². The maximum absolute atomic E-state index is 10.9. The molecule has 0 radical (unpaired) electrons. The van der Waals surface area contributed by atoms with Gasteiger partial charge in [-0.05, 0) is 18.9 Å². The van der Waals surface area contributed by atoms with E-state index in [2.05, 4.69) is 0 Å². The fraction of sp³-hybridized carbons (Fsp3) is 0.750. The first kappa shape index (κ1) is 10.7. The van der Waals surface area contributed by atoms with Crippen molar-refractivity contribution in [1.29, 1.82) is 0 Å². The van der Waals surface area contributed by atoms with Crippen LogP contribution in [0.1, 0.15) is 26.2 Å². The van der Waals surface area contributed by atoms with Crippen LogP contribution in [0.3, 0.4) is 0 Å². The van der Waals surface area contributed by atoms with Gasteiger partial charge < -0.3 is 4.79 Å². The predicted molar refractivity (Wildman–Crippen MR) is 47.9 cm³/mol. The molecule has 0 fully saturated rings. The highest BCUT2D eigenvalue weighted by Gasteiger charge is 2.02. The molecule has 0 rings (SSSR count). The molecule has 0 amide bonds. The molecule has 0 saturated heterocycles. The topological polar surface area (TPSA) is 34.1 Å². The number of carbonyl (C=O) groups is 2. The second kappa shape index (κ2) is 6.40. The van der Waals surface area contributed by atoms with E-state index in [1.807, 2.05) is 6.26 Å². The van der Waals surface area contributed by atoms with Gasteiger partial charge in [0.25, 0.3) is 0 Å². The lowest BCUT2D eigenvalue weighted by Crippen LogP contribution is -2.02. The molecule has 0 aromatic heterocycles. The van der Waals surface area contributed by atoms with E-state index in [1.54, 1.807) is 11.8 Å². The standard InChI is InChI=1S/C8H14O2S/c1-7(9)3-4-8(10)5-6-11-2/h3-6H2,1-2H3. The van der Waals surface area contributed by atoms with Crippen LogP contribution in [0.25, 0.3) is 0 Å². The van der Waals surface area contributed by atoms with Gasteiger partial charge in [-0.15, -0.1) is 0 Å². The van der Waals surface area contributed by atoms with E-state index in [1.165, 1.54) is 6.92 Å². The molecule has 0 aromatic carbocycles. The third-order valence-corrected chi connectivity index (χ3v) is 1.95. The fourth-order valence-corrected chi connectivity index (χ4v) is 1.09. The quantitative estimate of drug-likeness (QED) is 0.614. The summed E-state index contributed by atoms with van der Waals surface area (Å²) in [6.07, 6.45) is 3.41. The summed E-state index contributed by atoms with van der Waals surface area (Å²) >= 11 is 1.66. The largest absolute Gasteiger partial charge is 0.300 e. The van der Waals surface area contributed by atoms with Crippen LogP contribution in [0.5, 0.6) is 0 Å². The normalized spacial score (nSPS) is 9.64. The Hall–Kier alpha value is -0.310. The highest BCUT2D eigenvalue weighted by Crippen LogP contribution is 2.01. The Bertz CT molecular complexity index is 143. The van der Waals surface area contributed by atoms with E-state index in [4.69, 9.17) is 0 Å². The zero-order valence-corrected chi connectivity index (χ0v) is 7.87. The number of carbonyl (C=O) groups excluding carboxylic acids is 2. The summed E-state index contributed by atoms with van der Waals surface area (Å²) in [5, 5.41) is 0. The summed E-state index contributed by atoms with van der Waals surface area (Å²) in [4.78, 5) is 21.4. The van der Waals surface area contributed by atoms with Crippen LogP contribution in [-0.4, -0.2) is 23.6 Å². The van der Waals surface area contributed by atoms with Crippen LogP contribution in [0.15, 0.2) is 0 Å². The summed E-state index contributed by atoms with van der Waals surface area (Å²) in [7, 11) is 0. The van der Waals surface area contributed by atoms with E-state index in [0.717, 1.165) is 5.75 Å². The third-order valence-electron chi connectivity index (χ3n) is 1.34. The molecule has 2 nitrogen and oxygen atoms in total. The van der Waals surface area contributed by atoms with Crippen molar-refractivity contribution in [1.82, 2.24) is 0 Å². The first-order valence-electron chi connectivity index (χ1n) is 3.67. The Morgan fingerprint density at radius 1 is 1.18 bits per heavy atom. The smallest absolute Gasteiger partial charge is 0.134 e. The van der Waals surface area contributed by atoms with Gasteiger partial charge in [0.2, 0.25) is 0 Å². The molecule has 0 atom stereocenters. The molecule has 0 saturated carbocycles. The molecule has 0 aliphatic heterocycles. The highest BCUT2D eigenvalue weighted by atomic mass is 32.2. The van der Waals surface area contributed by atoms with Crippen LogP contribution >= 0.6 is 11.8 Å². The lowest BCUT2D eigenvalue weighted by Gasteiger charge is -1.95. The molecular formula is C8H14O2S. The van der Waals surface area contributed by atoms with Gasteiger partial charge in [0, 0.05) is 19.3 Å². The third kappa shape index (κ3) is 7.59. The molecule has 0 aliphatic carbocycles. The molecule has 3 heteroatoms. The Balaban J connectivity index is 3.30. The lowest BCUT2D eigenvalue weighted by molar-refractivity contribution is -0.123. The average molecular weight is 174 g/mol. The molecule has 0 aliphatic rings. The van der Waals surface area contributed by atoms with Crippen molar-refractivity contribution < 1.29 is 9.59 Å². The Morgan fingerprint density at radius 2 is 1.82 bits per heavy atom. The van der Waals surface area contributed by atoms with Crippen LogP contribution in [0, 0.1) is 0 Å². The number of rotatable bonds is 6. The summed E-state index contributed by atoms with van der Waals surface area (Å²) < 4.78 is 0. The summed E-state index contributed by atoms with van der Waals surface area (Å²) in [5.74, 6) is 1.17. The SMILES string of the molecule is CSCCC(=O)CCC(C)=O. The minimum Gasteiger partial charge on any atom is -0.300 e. The Kier molecular flexibility index (Phi) is 6.22. The predicted octanol–water partition coefficient (Wildman–Crippen LogP) is 1.68. The molecule has 0 aromatic rings. The molecule has 64 valence electrons. The molecule has 0 heterocycles. The minimum absolute atomic E-state index is 0.0995. The van der Waals surface area contributed by atoms with Gasteiger partial charge in [-0.3, -0.25) is 4.79 Å². The van der Waals surface area contributed by atoms with Crippen molar-refractivity contribution in [2.45, 2.75) is 26.2 Å². The lowest BCUT2D eigenvalue weighted by atomic mass is 10.1.